The number of hydrogen-bond donors (Lipinski definition) is 1. The number of fused-ring (bicyclic) bond motifs is 1. The predicted octanol–water partition coefficient (Wildman–Crippen LogP) is 2.58. The molecule has 2 heterocycles. The van der Waals surface area contributed by atoms with Crippen LogP contribution in [0.2, 0.25) is 0 Å². The number of likely N-dealkylation sites (tertiary alicyclic amines) is 1. The quantitative estimate of drug-likeness (QED) is 0.827. The van der Waals surface area contributed by atoms with Crippen LogP contribution in [0.3, 0.4) is 0 Å². The van der Waals surface area contributed by atoms with E-state index in [1.165, 1.54) is 12.1 Å². The lowest BCUT2D eigenvalue weighted by Gasteiger charge is -2.17. The average Bonchev–Trinajstić information content (AvgIpc) is 2.94. The van der Waals surface area contributed by atoms with E-state index in [9.17, 15) is 9.18 Å². The van der Waals surface area contributed by atoms with Crippen molar-refractivity contribution in [1.82, 2.24) is 9.88 Å². The number of nitrogens with one attached hydrogen (secondary N) is 1. The highest BCUT2D eigenvalue weighted by Gasteiger charge is 2.29. The van der Waals surface area contributed by atoms with Crippen LogP contribution in [0.25, 0.3) is 10.9 Å². The number of benzene rings is 1. The number of likely N-dealkylation sites (N-methyl/N-ethyl adjacent to an activating group) is 1. The Balaban J connectivity index is 2.03. The number of Topliss-reactive ketones (excluding diaryl/α,β-unsaturated/α-hetero) is 1. The summed E-state index contributed by atoms with van der Waals surface area (Å²) < 4.78 is 13.3. The molecule has 1 aromatic heterocycles. The van der Waals surface area contributed by atoms with Crippen LogP contribution in [0.5, 0.6) is 0 Å². The lowest BCUT2D eigenvalue weighted by molar-refractivity contribution is 0.0892. The van der Waals surface area contributed by atoms with E-state index in [0.717, 1.165) is 24.9 Å². The maximum Gasteiger partial charge on any atom is 0.182 e. The molecule has 4 heteroatoms. The SMILES string of the molecule is CN1CCC[C@@H]1C(=O)c1c[nH]c2ccc(F)cc12. The van der Waals surface area contributed by atoms with E-state index in [2.05, 4.69) is 9.88 Å². The van der Waals surface area contributed by atoms with E-state index in [-0.39, 0.29) is 17.6 Å². The number of aromatic nitrogens is 1. The van der Waals surface area contributed by atoms with Crippen molar-refractivity contribution in [2.24, 2.45) is 0 Å². The fourth-order valence-corrected chi connectivity index (χ4v) is 2.72. The van der Waals surface area contributed by atoms with Gasteiger partial charge in [-0.05, 0) is 44.6 Å². The molecule has 1 saturated heterocycles. The van der Waals surface area contributed by atoms with Crippen molar-refractivity contribution >= 4 is 16.7 Å². The van der Waals surface area contributed by atoms with Crippen LogP contribution in [0.1, 0.15) is 23.2 Å². The Bertz CT molecular complexity index is 605. The van der Waals surface area contributed by atoms with Gasteiger partial charge in [0.1, 0.15) is 5.82 Å². The highest BCUT2D eigenvalue weighted by Crippen LogP contribution is 2.25. The standard InChI is InChI=1S/C14H15FN2O/c1-17-6-2-3-13(17)14(18)11-8-16-12-5-4-9(15)7-10(11)12/h4-5,7-8,13,16H,2-3,6H2,1H3/t13-/m1/s1. The summed E-state index contributed by atoms with van der Waals surface area (Å²) in [4.78, 5) is 17.6. The van der Waals surface area contributed by atoms with E-state index in [1.807, 2.05) is 7.05 Å². The van der Waals surface area contributed by atoms with Gasteiger partial charge in [0.05, 0.1) is 6.04 Å². The second kappa shape index (κ2) is 4.21. The molecule has 1 N–H and O–H groups in total. The molecule has 0 amide bonds. The van der Waals surface area contributed by atoms with Crippen LogP contribution in [-0.4, -0.2) is 35.3 Å². The van der Waals surface area contributed by atoms with Crippen molar-refractivity contribution in [3.8, 4) is 0 Å². The van der Waals surface area contributed by atoms with Crippen LogP contribution in [0.15, 0.2) is 24.4 Å². The minimum Gasteiger partial charge on any atom is -0.360 e. The number of H-pyrrole nitrogens is 1. The van der Waals surface area contributed by atoms with Crippen molar-refractivity contribution in [3.05, 3.63) is 35.8 Å². The maximum atomic E-state index is 13.3. The number of halogens is 1. The van der Waals surface area contributed by atoms with Crippen LogP contribution in [0.4, 0.5) is 4.39 Å². The molecular weight excluding hydrogens is 231 g/mol. The zero-order valence-electron chi connectivity index (χ0n) is 10.2. The minimum absolute atomic E-state index is 0.0627. The van der Waals surface area contributed by atoms with Crippen LogP contribution in [-0.2, 0) is 0 Å². The number of carbonyl (C=O) groups is 1. The first-order valence-electron chi connectivity index (χ1n) is 6.18. The summed E-state index contributed by atoms with van der Waals surface area (Å²) in [5.41, 5.74) is 1.41. The molecule has 1 fully saturated rings. The second-order valence-electron chi connectivity index (χ2n) is 4.90. The molecular formula is C14H15FN2O. The highest BCUT2D eigenvalue weighted by atomic mass is 19.1. The Morgan fingerprint density at radius 2 is 2.33 bits per heavy atom. The van der Waals surface area contributed by atoms with Gasteiger partial charge in [0.25, 0.3) is 0 Å². The van der Waals surface area contributed by atoms with Crippen LogP contribution in [0, 0.1) is 5.82 Å². The summed E-state index contributed by atoms with van der Waals surface area (Å²) in [7, 11) is 1.96. The third kappa shape index (κ3) is 1.73. The number of aromatic amines is 1. The Hall–Kier alpha value is -1.68. The van der Waals surface area contributed by atoms with Crippen LogP contribution >= 0.6 is 0 Å². The zero-order chi connectivity index (χ0) is 12.7. The second-order valence-corrected chi connectivity index (χ2v) is 4.90. The van der Waals surface area contributed by atoms with Crippen molar-refractivity contribution in [3.63, 3.8) is 0 Å². The van der Waals surface area contributed by atoms with Gasteiger partial charge in [-0.2, -0.15) is 0 Å². The monoisotopic (exact) mass is 246 g/mol. The topological polar surface area (TPSA) is 36.1 Å². The molecule has 1 aliphatic rings. The molecule has 2 aromatic rings. The van der Waals surface area contributed by atoms with Gasteiger partial charge in [-0.25, -0.2) is 4.39 Å². The summed E-state index contributed by atoms with van der Waals surface area (Å²) in [6.45, 7) is 0.952. The number of nitrogens with zero attached hydrogens (tertiary/aromatic N) is 1. The molecule has 0 bridgehead atoms. The van der Waals surface area contributed by atoms with E-state index in [1.54, 1.807) is 12.3 Å². The number of carbonyl (C=O) groups excluding carboxylic acids is 1. The van der Waals surface area contributed by atoms with E-state index in [4.69, 9.17) is 0 Å². The molecule has 1 aliphatic heterocycles. The zero-order valence-corrected chi connectivity index (χ0v) is 10.2. The lowest BCUT2D eigenvalue weighted by atomic mass is 10.0. The summed E-state index contributed by atoms with van der Waals surface area (Å²) >= 11 is 0. The van der Waals surface area contributed by atoms with Gasteiger partial charge in [0.15, 0.2) is 5.78 Å². The molecule has 18 heavy (non-hydrogen) atoms. The van der Waals surface area contributed by atoms with Gasteiger partial charge in [-0.1, -0.05) is 0 Å². The Kier molecular flexibility index (Phi) is 2.67. The van der Waals surface area contributed by atoms with E-state index >= 15 is 0 Å². The van der Waals surface area contributed by atoms with E-state index in [0.29, 0.717) is 10.9 Å². The molecule has 0 spiro atoms. The summed E-state index contributed by atoms with van der Waals surface area (Å²) in [6, 6.07) is 4.43. The number of hydrogen-bond acceptors (Lipinski definition) is 2. The largest absolute Gasteiger partial charge is 0.360 e. The Morgan fingerprint density at radius 1 is 1.50 bits per heavy atom. The molecule has 0 saturated carbocycles. The molecule has 0 unspecified atom stereocenters. The summed E-state index contributed by atoms with van der Waals surface area (Å²) in [5.74, 6) is -0.220. The maximum absolute atomic E-state index is 13.3. The molecule has 1 atom stereocenters. The molecule has 0 radical (unpaired) electrons. The average molecular weight is 246 g/mol. The first-order valence-corrected chi connectivity index (χ1v) is 6.18. The fourth-order valence-electron chi connectivity index (χ4n) is 2.72. The summed E-state index contributed by atoms with van der Waals surface area (Å²) in [5, 5.41) is 0.681. The van der Waals surface area contributed by atoms with Crippen molar-refractivity contribution in [1.29, 1.82) is 0 Å². The van der Waals surface area contributed by atoms with Crippen molar-refractivity contribution < 1.29 is 9.18 Å². The first kappa shape index (κ1) is 11.4. The van der Waals surface area contributed by atoms with E-state index < -0.39 is 0 Å². The molecule has 3 rings (SSSR count). The molecule has 94 valence electrons. The minimum atomic E-state index is -0.309. The number of rotatable bonds is 2. The van der Waals surface area contributed by atoms with Crippen LogP contribution < -0.4 is 0 Å². The molecule has 3 nitrogen and oxygen atoms in total. The molecule has 0 aliphatic carbocycles. The third-order valence-electron chi connectivity index (χ3n) is 3.73. The first-order chi connectivity index (χ1) is 8.66. The smallest absolute Gasteiger partial charge is 0.182 e. The van der Waals surface area contributed by atoms with Crippen molar-refractivity contribution in [2.45, 2.75) is 18.9 Å². The van der Waals surface area contributed by atoms with Gasteiger partial charge in [0.2, 0.25) is 0 Å². The highest BCUT2D eigenvalue weighted by molar-refractivity contribution is 6.10. The lowest BCUT2D eigenvalue weighted by Crippen LogP contribution is -2.32. The third-order valence-corrected chi connectivity index (χ3v) is 3.73. The van der Waals surface area contributed by atoms with Gasteiger partial charge >= 0.3 is 0 Å². The van der Waals surface area contributed by atoms with Gasteiger partial charge in [0, 0.05) is 22.7 Å². The Morgan fingerprint density at radius 3 is 3.06 bits per heavy atom. The van der Waals surface area contributed by atoms with Gasteiger partial charge < -0.3 is 4.98 Å². The normalized spacial score (nSPS) is 20.7. The Labute approximate surface area is 105 Å². The van der Waals surface area contributed by atoms with Gasteiger partial charge in [-0.15, -0.1) is 0 Å². The molecule has 1 aromatic carbocycles. The fraction of sp³-hybridized carbons (Fsp3) is 0.357. The predicted molar refractivity (Wildman–Crippen MR) is 68.2 cm³/mol. The van der Waals surface area contributed by atoms with Gasteiger partial charge in [-0.3, -0.25) is 9.69 Å². The van der Waals surface area contributed by atoms with Crippen molar-refractivity contribution in [2.75, 3.05) is 13.6 Å². The number of ketones is 1. The summed E-state index contributed by atoms with van der Waals surface area (Å²) in [6.07, 6.45) is 3.62.